The van der Waals surface area contributed by atoms with Gasteiger partial charge in [-0.2, -0.15) is 0 Å². The molecule has 11 heavy (non-hydrogen) atoms. The zero-order chi connectivity index (χ0) is 8.15. The number of amides is 2. The van der Waals surface area contributed by atoms with Crippen LogP contribution in [0.15, 0.2) is 0 Å². The van der Waals surface area contributed by atoms with Crippen LogP contribution in [0.1, 0.15) is 6.92 Å². The maximum Gasteiger partial charge on any atom is 0.237 e. The normalized spacial score (nSPS) is 11.1. The lowest BCUT2D eigenvalue weighted by Gasteiger charge is -2.03. The van der Waals surface area contributed by atoms with Gasteiger partial charge in [-0.15, -0.1) is 12.4 Å². The average molecular weight is 182 g/mol. The standard InChI is InChI=1S/C5H11N3O2.ClH/c1-3(6)5(10)8-2-4(7)9;/h3H,2,6H2,1H3,(H2,7,9)(H,8,10);1H/t3-;/m0./s1. The Morgan fingerprint density at radius 1 is 1.55 bits per heavy atom. The van der Waals surface area contributed by atoms with Crippen molar-refractivity contribution >= 4 is 24.2 Å². The number of nitrogens with one attached hydrogen (secondary N) is 1. The van der Waals surface area contributed by atoms with Crippen molar-refractivity contribution in [2.24, 2.45) is 11.5 Å². The van der Waals surface area contributed by atoms with Crippen LogP contribution in [0.4, 0.5) is 0 Å². The topological polar surface area (TPSA) is 98.2 Å². The number of rotatable bonds is 3. The summed E-state index contributed by atoms with van der Waals surface area (Å²) in [7, 11) is 0. The maximum absolute atomic E-state index is 10.6. The molecule has 0 aliphatic heterocycles. The zero-order valence-corrected chi connectivity index (χ0v) is 6.98. The Kier molecular flexibility index (Phi) is 6.92. The average Bonchev–Trinajstić information content (AvgIpc) is 1.82. The van der Waals surface area contributed by atoms with Gasteiger partial charge in [0.1, 0.15) is 0 Å². The van der Waals surface area contributed by atoms with Crippen LogP contribution < -0.4 is 16.8 Å². The van der Waals surface area contributed by atoms with Crippen molar-refractivity contribution in [1.29, 1.82) is 0 Å². The molecular weight excluding hydrogens is 170 g/mol. The van der Waals surface area contributed by atoms with Gasteiger partial charge >= 0.3 is 0 Å². The number of primary amides is 1. The van der Waals surface area contributed by atoms with Crippen molar-refractivity contribution in [1.82, 2.24) is 5.32 Å². The molecule has 0 spiro atoms. The number of carbonyl (C=O) groups is 2. The van der Waals surface area contributed by atoms with Crippen molar-refractivity contribution < 1.29 is 9.59 Å². The van der Waals surface area contributed by atoms with E-state index >= 15 is 0 Å². The molecule has 0 saturated heterocycles. The predicted molar refractivity (Wildman–Crippen MR) is 43.1 cm³/mol. The van der Waals surface area contributed by atoms with Crippen molar-refractivity contribution in [3.63, 3.8) is 0 Å². The molecular formula is C5H12ClN3O2. The van der Waals surface area contributed by atoms with E-state index < -0.39 is 11.9 Å². The molecule has 2 amide bonds. The molecule has 6 heteroatoms. The lowest BCUT2D eigenvalue weighted by molar-refractivity contribution is -0.125. The van der Waals surface area contributed by atoms with Crippen LogP contribution in [0.2, 0.25) is 0 Å². The van der Waals surface area contributed by atoms with E-state index in [1.54, 1.807) is 0 Å². The summed E-state index contributed by atoms with van der Waals surface area (Å²) in [6, 6.07) is -0.598. The van der Waals surface area contributed by atoms with Gasteiger partial charge in [0.25, 0.3) is 0 Å². The molecule has 0 aromatic rings. The molecule has 0 radical (unpaired) electrons. The van der Waals surface area contributed by atoms with Crippen molar-refractivity contribution in [2.45, 2.75) is 13.0 Å². The van der Waals surface area contributed by atoms with Crippen LogP contribution >= 0.6 is 12.4 Å². The third-order valence-electron chi connectivity index (χ3n) is 0.850. The van der Waals surface area contributed by atoms with Gasteiger partial charge < -0.3 is 16.8 Å². The minimum absolute atomic E-state index is 0. The molecule has 0 heterocycles. The first kappa shape index (κ1) is 12.8. The summed E-state index contributed by atoms with van der Waals surface area (Å²) in [6.45, 7) is 1.37. The van der Waals surface area contributed by atoms with Gasteiger partial charge in [-0.25, -0.2) is 0 Å². The number of halogens is 1. The minimum atomic E-state index is -0.598. The Bertz CT molecular complexity index is 149. The van der Waals surface area contributed by atoms with E-state index in [1.807, 2.05) is 0 Å². The summed E-state index contributed by atoms with van der Waals surface area (Å²) in [5.74, 6) is -0.951. The fourth-order valence-electron chi connectivity index (χ4n) is 0.335. The highest BCUT2D eigenvalue weighted by atomic mass is 35.5. The molecule has 66 valence electrons. The molecule has 0 aromatic heterocycles. The SMILES string of the molecule is C[C@H](N)C(=O)NCC(N)=O.Cl. The minimum Gasteiger partial charge on any atom is -0.368 e. The second kappa shape index (κ2) is 5.94. The van der Waals surface area contributed by atoms with Crippen LogP contribution in [0.5, 0.6) is 0 Å². The smallest absolute Gasteiger partial charge is 0.237 e. The van der Waals surface area contributed by atoms with E-state index in [4.69, 9.17) is 11.5 Å². The molecule has 0 bridgehead atoms. The zero-order valence-electron chi connectivity index (χ0n) is 6.16. The highest BCUT2D eigenvalue weighted by Crippen LogP contribution is 1.72. The summed E-state index contributed by atoms with van der Waals surface area (Å²) in [6.07, 6.45) is 0. The molecule has 0 aromatic carbocycles. The number of carbonyl (C=O) groups excluding carboxylic acids is 2. The molecule has 0 unspecified atom stereocenters. The molecule has 0 aliphatic rings. The molecule has 0 rings (SSSR count). The van der Waals surface area contributed by atoms with Gasteiger partial charge in [0.15, 0.2) is 0 Å². The molecule has 0 saturated carbocycles. The van der Waals surface area contributed by atoms with E-state index in [9.17, 15) is 9.59 Å². The Morgan fingerprint density at radius 3 is 2.27 bits per heavy atom. The van der Waals surface area contributed by atoms with Crippen molar-refractivity contribution in [3.05, 3.63) is 0 Å². The first-order valence-corrected chi connectivity index (χ1v) is 2.85. The summed E-state index contributed by atoms with van der Waals surface area (Å²) < 4.78 is 0. The predicted octanol–water partition coefficient (Wildman–Crippen LogP) is -1.64. The van der Waals surface area contributed by atoms with E-state index in [2.05, 4.69) is 5.32 Å². The van der Waals surface area contributed by atoms with Gasteiger partial charge in [-0.3, -0.25) is 9.59 Å². The lowest BCUT2D eigenvalue weighted by atomic mass is 10.3. The fraction of sp³-hybridized carbons (Fsp3) is 0.600. The third-order valence-corrected chi connectivity index (χ3v) is 0.850. The van der Waals surface area contributed by atoms with Gasteiger partial charge in [-0.05, 0) is 6.92 Å². The molecule has 5 nitrogen and oxygen atoms in total. The largest absolute Gasteiger partial charge is 0.368 e. The maximum atomic E-state index is 10.6. The Labute approximate surface area is 70.9 Å². The summed E-state index contributed by atoms with van der Waals surface area (Å²) in [5.41, 5.74) is 9.90. The van der Waals surface area contributed by atoms with Crippen LogP contribution in [0.3, 0.4) is 0 Å². The third kappa shape index (κ3) is 7.08. The molecule has 0 fully saturated rings. The highest BCUT2D eigenvalue weighted by Gasteiger charge is 2.06. The second-order valence-electron chi connectivity index (χ2n) is 1.97. The second-order valence-corrected chi connectivity index (χ2v) is 1.97. The van der Waals surface area contributed by atoms with Gasteiger partial charge in [-0.1, -0.05) is 0 Å². The molecule has 1 atom stereocenters. The number of hydrogen-bond acceptors (Lipinski definition) is 3. The summed E-state index contributed by atoms with van der Waals surface area (Å²) in [5, 5.41) is 2.24. The van der Waals surface area contributed by atoms with Crippen LogP contribution in [0, 0.1) is 0 Å². The fourth-order valence-corrected chi connectivity index (χ4v) is 0.335. The van der Waals surface area contributed by atoms with Crippen molar-refractivity contribution in [3.8, 4) is 0 Å². The first-order chi connectivity index (χ1) is 4.54. The number of hydrogen-bond donors (Lipinski definition) is 3. The number of nitrogens with two attached hydrogens (primary N) is 2. The Balaban J connectivity index is 0. The Hall–Kier alpha value is -0.810. The van der Waals surface area contributed by atoms with E-state index in [1.165, 1.54) is 6.92 Å². The van der Waals surface area contributed by atoms with E-state index in [0.29, 0.717) is 0 Å². The van der Waals surface area contributed by atoms with Crippen LogP contribution in [-0.2, 0) is 9.59 Å². The van der Waals surface area contributed by atoms with Gasteiger partial charge in [0.2, 0.25) is 11.8 Å². The van der Waals surface area contributed by atoms with Crippen molar-refractivity contribution in [2.75, 3.05) is 6.54 Å². The van der Waals surface area contributed by atoms with Crippen LogP contribution in [0.25, 0.3) is 0 Å². The quantitative estimate of drug-likeness (QED) is 0.487. The first-order valence-electron chi connectivity index (χ1n) is 2.85. The summed E-state index contributed by atoms with van der Waals surface area (Å²) >= 11 is 0. The highest BCUT2D eigenvalue weighted by molar-refractivity contribution is 5.86. The van der Waals surface area contributed by atoms with Gasteiger partial charge in [0.05, 0.1) is 12.6 Å². The van der Waals surface area contributed by atoms with E-state index in [0.717, 1.165) is 0 Å². The summed E-state index contributed by atoms with van der Waals surface area (Å²) in [4.78, 5) is 20.7. The van der Waals surface area contributed by atoms with Gasteiger partial charge in [0, 0.05) is 0 Å². The molecule has 5 N–H and O–H groups in total. The Morgan fingerprint density at radius 2 is 2.00 bits per heavy atom. The van der Waals surface area contributed by atoms with E-state index in [-0.39, 0.29) is 24.9 Å². The monoisotopic (exact) mass is 181 g/mol. The molecule has 0 aliphatic carbocycles. The van der Waals surface area contributed by atoms with Crippen LogP contribution in [-0.4, -0.2) is 24.4 Å². The lowest BCUT2D eigenvalue weighted by Crippen LogP contribution is -2.42.